The second-order valence-electron chi connectivity index (χ2n) is 10.9. The van der Waals surface area contributed by atoms with Crippen LogP contribution in [-0.4, -0.2) is 24.9 Å². The van der Waals surface area contributed by atoms with Crippen molar-refractivity contribution in [3.63, 3.8) is 0 Å². The molecule has 4 rings (SSSR count). The van der Waals surface area contributed by atoms with Crippen LogP contribution in [0.1, 0.15) is 95.8 Å². The molecule has 1 aliphatic heterocycles. The molecule has 0 aromatic heterocycles. The van der Waals surface area contributed by atoms with Crippen molar-refractivity contribution < 1.29 is 14.2 Å². The molecule has 0 radical (unpaired) electrons. The van der Waals surface area contributed by atoms with Crippen LogP contribution in [0.4, 0.5) is 5.69 Å². The van der Waals surface area contributed by atoms with E-state index in [1.54, 1.807) is 0 Å². The van der Waals surface area contributed by atoms with E-state index < -0.39 is 5.60 Å². The van der Waals surface area contributed by atoms with Crippen molar-refractivity contribution in [2.45, 2.75) is 103 Å². The van der Waals surface area contributed by atoms with Gasteiger partial charge in [0, 0.05) is 31.0 Å². The molecule has 4 nitrogen and oxygen atoms in total. The van der Waals surface area contributed by atoms with Crippen molar-refractivity contribution in [1.29, 1.82) is 0 Å². The van der Waals surface area contributed by atoms with Crippen LogP contribution < -0.4 is 10.1 Å². The summed E-state index contributed by atoms with van der Waals surface area (Å²) in [6, 6.07) is 16.9. The van der Waals surface area contributed by atoms with Gasteiger partial charge >= 0.3 is 0 Å². The van der Waals surface area contributed by atoms with Gasteiger partial charge in [-0.05, 0) is 56.4 Å². The fourth-order valence-corrected chi connectivity index (χ4v) is 5.51. The number of hydrogen-bond acceptors (Lipinski definition) is 4. The maximum absolute atomic E-state index is 6.70. The normalized spacial score (nSPS) is 21.8. The molecule has 2 aliphatic rings. The molecule has 2 aromatic rings. The Labute approximate surface area is 212 Å². The second kappa shape index (κ2) is 12.8. The monoisotopic (exact) mass is 479 g/mol. The van der Waals surface area contributed by atoms with E-state index in [2.05, 4.69) is 74.6 Å². The van der Waals surface area contributed by atoms with E-state index >= 15 is 0 Å². The molecule has 1 fully saturated rings. The summed E-state index contributed by atoms with van der Waals surface area (Å²) in [6.45, 7) is 8.82. The number of rotatable bonds is 12. The lowest BCUT2D eigenvalue weighted by molar-refractivity contribution is -0.163. The summed E-state index contributed by atoms with van der Waals surface area (Å²) in [7, 11) is 0. The Balaban J connectivity index is 1.50. The van der Waals surface area contributed by atoms with E-state index in [1.165, 1.54) is 50.5 Å². The molecule has 1 heterocycles. The zero-order valence-corrected chi connectivity index (χ0v) is 22.1. The molecule has 0 saturated heterocycles. The number of unbranched alkanes of at least 4 members (excludes halogenated alkanes) is 2. The van der Waals surface area contributed by atoms with Gasteiger partial charge in [-0.2, -0.15) is 0 Å². The van der Waals surface area contributed by atoms with Crippen molar-refractivity contribution in [1.82, 2.24) is 0 Å². The Bertz CT molecular complexity index is 891. The van der Waals surface area contributed by atoms with Gasteiger partial charge in [0.25, 0.3) is 0 Å². The molecule has 1 aliphatic carbocycles. The van der Waals surface area contributed by atoms with Gasteiger partial charge in [-0.1, -0.05) is 82.2 Å². The van der Waals surface area contributed by atoms with Crippen LogP contribution in [0.2, 0.25) is 0 Å². The van der Waals surface area contributed by atoms with Crippen molar-refractivity contribution in [2.24, 2.45) is 5.92 Å². The first kappa shape index (κ1) is 26.0. The van der Waals surface area contributed by atoms with Crippen LogP contribution in [-0.2, 0) is 16.0 Å². The van der Waals surface area contributed by atoms with E-state index in [9.17, 15) is 0 Å². The lowest BCUT2D eigenvalue weighted by Crippen LogP contribution is -2.51. The fraction of sp³-hybridized carbons (Fsp3) is 0.613. The predicted octanol–water partition coefficient (Wildman–Crippen LogP) is 8.07. The first-order valence-electron chi connectivity index (χ1n) is 13.9. The molecule has 4 heteroatoms. The zero-order chi connectivity index (χ0) is 24.5. The first-order chi connectivity index (χ1) is 17.1. The highest BCUT2D eigenvalue weighted by atomic mass is 16.6. The molecule has 192 valence electrons. The molecule has 2 aromatic carbocycles. The third-order valence-electron chi connectivity index (χ3n) is 7.58. The van der Waals surface area contributed by atoms with Gasteiger partial charge in [-0.3, -0.25) is 0 Å². The lowest BCUT2D eigenvalue weighted by Gasteiger charge is -2.44. The largest absolute Gasteiger partial charge is 0.485 e. The van der Waals surface area contributed by atoms with E-state index in [1.807, 2.05) is 0 Å². The average Bonchev–Trinajstić information content (AvgIpc) is 2.87. The molecule has 0 amide bonds. The number of nitrogens with one attached hydrogen (secondary N) is 1. The summed E-state index contributed by atoms with van der Waals surface area (Å²) >= 11 is 0. The Morgan fingerprint density at radius 3 is 2.51 bits per heavy atom. The third-order valence-corrected chi connectivity index (χ3v) is 7.58. The number of ether oxygens (including phenoxy) is 3. The molecule has 2 atom stereocenters. The van der Waals surface area contributed by atoms with Crippen molar-refractivity contribution in [3.8, 4) is 5.75 Å². The molecular weight excluding hydrogens is 434 g/mol. The fourth-order valence-electron chi connectivity index (χ4n) is 5.51. The van der Waals surface area contributed by atoms with Crippen LogP contribution in [0.3, 0.4) is 0 Å². The first-order valence-corrected chi connectivity index (χ1v) is 13.9. The van der Waals surface area contributed by atoms with Crippen molar-refractivity contribution >= 4 is 5.69 Å². The average molecular weight is 480 g/mol. The zero-order valence-electron chi connectivity index (χ0n) is 22.1. The number of anilines is 1. The Morgan fingerprint density at radius 1 is 0.943 bits per heavy atom. The highest BCUT2D eigenvalue weighted by Crippen LogP contribution is 2.44. The molecule has 2 unspecified atom stereocenters. The number of hydrogen-bond donors (Lipinski definition) is 1. The van der Waals surface area contributed by atoms with Gasteiger partial charge in [0.05, 0.1) is 0 Å². The maximum atomic E-state index is 6.70. The predicted molar refractivity (Wildman–Crippen MR) is 144 cm³/mol. The van der Waals surface area contributed by atoms with Crippen LogP contribution in [0, 0.1) is 5.92 Å². The molecular formula is C31H45NO3. The topological polar surface area (TPSA) is 39.7 Å². The maximum Gasteiger partial charge on any atom is 0.132 e. The Morgan fingerprint density at radius 2 is 1.74 bits per heavy atom. The molecule has 35 heavy (non-hydrogen) atoms. The Kier molecular flexibility index (Phi) is 9.51. The third kappa shape index (κ3) is 7.24. The van der Waals surface area contributed by atoms with Crippen molar-refractivity contribution in [2.75, 3.05) is 18.5 Å². The highest BCUT2D eigenvalue weighted by Gasteiger charge is 2.45. The van der Waals surface area contributed by atoms with Gasteiger partial charge in [0.2, 0.25) is 0 Å². The minimum absolute atomic E-state index is 0.127. The summed E-state index contributed by atoms with van der Waals surface area (Å²) in [5.74, 6) is 1.72. The molecule has 1 saturated carbocycles. The van der Waals surface area contributed by atoms with E-state index in [-0.39, 0.29) is 12.2 Å². The van der Waals surface area contributed by atoms with Crippen molar-refractivity contribution in [3.05, 3.63) is 59.7 Å². The molecule has 0 bridgehead atoms. The lowest BCUT2D eigenvalue weighted by atomic mass is 9.86. The number of fused-ring (bicyclic) bond motifs is 1. The van der Waals surface area contributed by atoms with Crippen LogP contribution >= 0.6 is 0 Å². The summed E-state index contributed by atoms with van der Waals surface area (Å²) in [5.41, 5.74) is 3.00. The molecule has 1 N–H and O–H groups in total. The SMILES string of the molecule is CCCCCOC1C(OCCC2CCCCC2)c2cc(NCc3ccccc3)ccc2OC1(C)C. The van der Waals surface area contributed by atoms with Gasteiger partial charge < -0.3 is 19.5 Å². The van der Waals surface area contributed by atoms with E-state index in [4.69, 9.17) is 14.2 Å². The van der Waals surface area contributed by atoms with Gasteiger partial charge in [0.1, 0.15) is 23.6 Å². The van der Waals surface area contributed by atoms with Crippen LogP contribution in [0.5, 0.6) is 5.75 Å². The quantitative estimate of drug-likeness (QED) is 0.312. The van der Waals surface area contributed by atoms with Crippen LogP contribution in [0.15, 0.2) is 48.5 Å². The summed E-state index contributed by atoms with van der Waals surface area (Å²) < 4.78 is 19.7. The van der Waals surface area contributed by atoms with Gasteiger partial charge in [-0.15, -0.1) is 0 Å². The van der Waals surface area contributed by atoms with E-state index in [0.717, 1.165) is 55.5 Å². The van der Waals surface area contributed by atoms with Gasteiger partial charge in [0.15, 0.2) is 0 Å². The summed E-state index contributed by atoms with van der Waals surface area (Å²) in [6.07, 6.45) is 11.2. The van der Waals surface area contributed by atoms with Crippen LogP contribution in [0.25, 0.3) is 0 Å². The second-order valence-corrected chi connectivity index (χ2v) is 10.9. The standard InChI is InChI=1S/C31H45NO3/c1-4-5-12-20-34-30-29(33-21-19-24-13-8-6-9-14-24)27-22-26(17-18-28(27)35-31(30,2)3)32-23-25-15-10-7-11-16-25/h7,10-11,15-18,22,24,29-30,32H,4-6,8-9,12-14,19-21,23H2,1-3H3. The minimum atomic E-state index is -0.451. The minimum Gasteiger partial charge on any atom is -0.485 e. The number of benzene rings is 2. The summed E-state index contributed by atoms with van der Waals surface area (Å²) in [4.78, 5) is 0. The van der Waals surface area contributed by atoms with E-state index in [0.29, 0.717) is 0 Å². The molecule has 0 spiro atoms. The highest BCUT2D eigenvalue weighted by molar-refractivity contribution is 5.53. The van der Waals surface area contributed by atoms with Gasteiger partial charge in [-0.25, -0.2) is 0 Å². The summed E-state index contributed by atoms with van der Waals surface area (Å²) in [5, 5.41) is 3.58. The Hall–Kier alpha value is -2.04. The smallest absolute Gasteiger partial charge is 0.132 e.